The largest absolute Gasteiger partial charge is 0.497 e. The molecular formula is C25H22F3N3O2. The summed E-state index contributed by atoms with van der Waals surface area (Å²) in [7, 11) is 1.61. The number of rotatable bonds is 6. The Morgan fingerprint density at radius 1 is 1.15 bits per heavy atom. The zero-order chi connectivity index (χ0) is 23.6. The monoisotopic (exact) mass is 453 g/mol. The lowest BCUT2D eigenvalue weighted by Gasteiger charge is -2.10. The van der Waals surface area contributed by atoms with Crippen molar-refractivity contribution in [3.05, 3.63) is 77.6 Å². The van der Waals surface area contributed by atoms with E-state index in [0.29, 0.717) is 18.7 Å². The molecule has 0 aliphatic carbocycles. The van der Waals surface area contributed by atoms with Gasteiger partial charge < -0.3 is 14.6 Å². The number of ether oxygens (including phenoxy) is 1. The molecule has 8 heteroatoms. The second-order valence-electron chi connectivity index (χ2n) is 7.57. The van der Waals surface area contributed by atoms with E-state index in [9.17, 15) is 18.0 Å². The summed E-state index contributed by atoms with van der Waals surface area (Å²) in [4.78, 5) is 16.7. The lowest BCUT2D eigenvalue weighted by atomic mass is 10.1. The number of hydrogen-bond acceptors (Lipinski definition) is 3. The van der Waals surface area contributed by atoms with Crippen molar-refractivity contribution < 1.29 is 22.7 Å². The summed E-state index contributed by atoms with van der Waals surface area (Å²) < 4.78 is 46.0. The van der Waals surface area contributed by atoms with Crippen molar-refractivity contribution in [1.82, 2.24) is 14.9 Å². The van der Waals surface area contributed by atoms with Crippen LogP contribution in [0.2, 0.25) is 0 Å². The van der Waals surface area contributed by atoms with Crippen LogP contribution in [0.4, 0.5) is 13.2 Å². The minimum Gasteiger partial charge on any atom is -0.497 e. The third kappa shape index (κ3) is 4.69. The minimum atomic E-state index is -4.43. The highest BCUT2D eigenvalue weighted by Gasteiger charge is 2.30. The Morgan fingerprint density at radius 3 is 2.73 bits per heavy atom. The summed E-state index contributed by atoms with van der Waals surface area (Å²) in [6, 6.07) is 12.6. The number of nitrogens with one attached hydrogen (secondary N) is 1. The molecule has 0 unspecified atom stereocenters. The minimum absolute atomic E-state index is 0.302. The third-order valence-corrected chi connectivity index (χ3v) is 5.44. The van der Waals surface area contributed by atoms with Gasteiger partial charge in [0, 0.05) is 42.2 Å². The van der Waals surface area contributed by atoms with Crippen LogP contribution in [0.5, 0.6) is 5.75 Å². The van der Waals surface area contributed by atoms with Crippen molar-refractivity contribution in [3.8, 4) is 5.75 Å². The van der Waals surface area contributed by atoms with E-state index in [1.54, 1.807) is 13.3 Å². The number of halogens is 3. The molecular weight excluding hydrogens is 431 g/mol. The summed E-state index contributed by atoms with van der Waals surface area (Å²) in [6.45, 7) is 2.75. The first-order valence-electron chi connectivity index (χ1n) is 10.3. The van der Waals surface area contributed by atoms with Gasteiger partial charge in [0.15, 0.2) is 0 Å². The van der Waals surface area contributed by atoms with Crippen LogP contribution < -0.4 is 10.1 Å². The van der Waals surface area contributed by atoms with Crippen LogP contribution in [0.3, 0.4) is 0 Å². The van der Waals surface area contributed by atoms with Gasteiger partial charge in [0.2, 0.25) is 5.91 Å². The molecule has 0 spiro atoms. The SMILES string of the molecule is COc1ccc2c3ccnc(C)c3n(CCNC(=O)/C=C/c3cccc(C(F)(F)F)c3)c2c1. The molecule has 0 bridgehead atoms. The summed E-state index contributed by atoms with van der Waals surface area (Å²) in [6.07, 6.45) is -0.0583. The molecule has 2 aromatic carbocycles. The summed E-state index contributed by atoms with van der Waals surface area (Å²) in [5.74, 6) is 0.339. The Labute approximate surface area is 188 Å². The fraction of sp³-hybridized carbons (Fsp3) is 0.200. The van der Waals surface area contributed by atoms with E-state index in [-0.39, 0.29) is 5.91 Å². The number of hydrogen-bond donors (Lipinski definition) is 1. The van der Waals surface area contributed by atoms with Gasteiger partial charge in [-0.3, -0.25) is 9.78 Å². The maximum atomic E-state index is 12.8. The van der Waals surface area contributed by atoms with Crippen molar-refractivity contribution in [3.63, 3.8) is 0 Å². The molecule has 0 aliphatic heterocycles. The van der Waals surface area contributed by atoms with E-state index in [1.165, 1.54) is 24.3 Å². The van der Waals surface area contributed by atoms with E-state index in [4.69, 9.17) is 4.74 Å². The van der Waals surface area contributed by atoms with Gasteiger partial charge in [-0.2, -0.15) is 13.2 Å². The second-order valence-corrected chi connectivity index (χ2v) is 7.57. The highest BCUT2D eigenvalue weighted by molar-refractivity contribution is 6.09. The lowest BCUT2D eigenvalue weighted by Crippen LogP contribution is -2.25. The second kappa shape index (κ2) is 8.97. The van der Waals surface area contributed by atoms with Gasteiger partial charge in [0.05, 0.1) is 29.4 Å². The average molecular weight is 453 g/mol. The maximum Gasteiger partial charge on any atom is 0.416 e. The summed E-state index contributed by atoms with van der Waals surface area (Å²) in [5.41, 5.74) is 2.37. The van der Waals surface area contributed by atoms with E-state index in [0.717, 1.165) is 45.4 Å². The number of aromatic nitrogens is 2. The molecule has 0 saturated carbocycles. The molecule has 33 heavy (non-hydrogen) atoms. The number of carbonyl (C=O) groups is 1. The quantitative estimate of drug-likeness (QED) is 0.400. The number of benzene rings is 2. The Kier molecular flexibility index (Phi) is 6.09. The van der Waals surface area contributed by atoms with Crippen LogP contribution in [0.1, 0.15) is 16.8 Å². The third-order valence-electron chi connectivity index (χ3n) is 5.44. The molecule has 2 aromatic heterocycles. The molecule has 4 aromatic rings. The molecule has 4 rings (SSSR count). The van der Waals surface area contributed by atoms with Crippen LogP contribution in [-0.2, 0) is 17.5 Å². The average Bonchev–Trinajstić information content (AvgIpc) is 3.11. The van der Waals surface area contributed by atoms with Crippen molar-refractivity contribution in [2.45, 2.75) is 19.6 Å². The highest BCUT2D eigenvalue weighted by Crippen LogP contribution is 2.32. The Hall–Kier alpha value is -3.81. The molecule has 0 radical (unpaired) electrons. The first-order valence-corrected chi connectivity index (χ1v) is 10.3. The topological polar surface area (TPSA) is 56.1 Å². The Bertz CT molecular complexity index is 1360. The fourth-order valence-corrected chi connectivity index (χ4v) is 3.90. The van der Waals surface area contributed by atoms with Crippen LogP contribution in [0, 0.1) is 6.92 Å². The molecule has 1 N–H and O–H groups in total. The van der Waals surface area contributed by atoms with Crippen molar-refractivity contribution >= 4 is 33.8 Å². The van der Waals surface area contributed by atoms with Crippen LogP contribution in [0.15, 0.2) is 60.8 Å². The number of fused-ring (bicyclic) bond motifs is 3. The van der Waals surface area contributed by atoms with Gasteiger partial charge >= 0.3 is 6.18 Å². The van der Waals surface area contributed by atoms with Crippen LogP contribution in [0.25, 0.3) is 27.9 Å². The molecule has 2 heterocycles. The van der Waals surface area contributed by atoms with E-state index < -0.39 is 11.7 Å². The normalized spacial score (nSPS) is 12.0. The van der Waals surface area contributed by atoms with E-state index >= 15 is 0 Å². The number of amides is 1. The maximum absolute atomic E-state index is 12.8. The molecule has 0 aliphatic rings. The molecule has 5 nitrogen and oxygen atoms in total. The lowest BCUT2D eigenvalue weighted by molar-refractivity contribution is -0.137. The van der Waals surface area contributed by atoms with Crippen molar-refractivity contribution in [2.24, 2.45) is 0 Å². The van der Waals surface area contributed by atoms with Crippen LogP contribution in [-0.4, -0.2) is 29.1 Å². The van der Waals surface area contributed by atoms with E-state index in [2.05, 4.69) is 14.9 Å². The van der Waals surface area contributed by atoms with Gasteiger partial charge in [-0.1, -0.05) is 12.1 Å². The zero-order valence-electron chi connectivity index (χ0n) is 18.1. The molecule has 1 amide bonds. The molecule has 170 valence electrons. The van der Waals surface area contributed by atoms with Gasteiger partial charge in [0.25, 0.3) is 0 Å². The number of aryl methyl sites for hydroxylation is 1. The van der Waals surface area contributed by atoms with Crippen LogP contribution >= 0.6 is 0 Å². The van der Waals surface area contributed by atoms with Gasteiger partial charge in [0.1, 0.15) is 5.75 Å². The zero-order valence-corrected chi connectivity index (χ0v) is 18.1. The van der Waals surface area contributed by atoms with Crippen molar-refractivity contribution in [2.75, 3.05) is 13.7 Å². The molecule has 0 fully saturated rings. The number of carbonyl (C=O) groups excluding carboxylic acids is 1. The molecule has 0 atom stereocenters. The molecule has 0 saturated heterocycles. The number of alkyl halides is 3. The Balaban J connectivity index is 1.51. The number of methoxy groups -OCH3 is 1. The van der Waals surface area contributed by atoms with E-state index in [1.807, 2.05) is 31.2 Å². The van der Waals surface area contributed by atoms with Crippen molar-refractivity contribution in [1.29, 1.82) is 0 Å². The Morgan fingerprint density at radius 2 is 1.97 bits per heavy atom. The predicted molar refractivity (Wildman–Crippen MR) is 122 cm³/mol. The highest BCUT2D eigenvalue weighted by atomic mass is 19.4. The number of pyridine rings is 1. The standard InChI is InChI=1S/C25H22F3N3O2/c1-16-24-21(10-11-29-16)20-8-7-19(33-2)15-22(20)31(24)13-12-30-23(32)9-6-17-4-3-5-18(14-17)25(26,27)28/h3-11,14-15H,12-13H2,1-2H3,(H,30,32)/b9-6+. The van der Waals surface area contributed by atoms with Gasteiger partial charge in [-0.25, -0.2) is 0 Å². The summed E-state index contributed by atoms with van der Waals surface area (Å²) >= 11 is 0. The predicted octanol–water partition coefficient (Wildman–Crippen LogP) is 5.35. The van der Waals surface area contributed by atoms with Gasteiger partial charge in [-0.15, -0.1) is 0 Å². The van der Waals surface area contributed by atoms with Gasteiger partial charge in [-0.05, 0) is 48.9 Å². The smallest absolute Gasteiger partial charge is 0.416 e. The fourth-order valence-electron chi connectivity index (χ4n) is 3.90. The first-order chi connectivity index (χ1) is 15.8. The summed E-state index contributed by atoms with van der Waals surface area (Å²) in [5, 5.41) is 4.92. The first kappa shape index (κ1) is 22.4. The number of nitrogens with zero attached hydrogens (tertiary/aromatic N) is 2.